The zero-order chi connectivity index (χ0) is 15.4. The van der Waals surface area contributed by atoms with Crippen molar-refractivity contribution >= 4 is 11.6 Å². The van der Waals surface area contributed by atoms with E-state index in [4.69, 9.17) is 21.1 Å². The number of hydrogen-bond acceptors (Lipinski definition) is 3. The molecule has 1 aliphatic heterocycles. The van der Waals surface area contributed by atoms with Crippen LogP contribution < -0.4 is 10.1 Å². The fourth-order valence-corrected chi connectivity index (χ4v) is 2.78. The summed E-state index contributed by atoms with van der Waals surface area (Å²) in [5.74, 6) is 0.699. The largest absolute Gasteiger partial charge is 0.481 e. The summed E-state index contributed by atoms with van der Waals surface area (Å²) in [7, 11) is 0. The fraction of sp³-hybridized carbons (Fsp3) is 0.333. The minimum Gasteiger partial charge on any atom is -0.481 e. The van der Waals surface area contributed by atoms with Gasteiger partial charge in [-0.25, -0.2) is 0 Å². The van der Waals surface area contributed by atoms with Gasteiger partial charge >= 0.3 is 0 Å². The SMILES string of the molecule is Cc1ccc(Cl)c(O[C@@H](c2ccccc2)[C@@H]2CNCCO2)c1. The maximum Gasteiger partial charge on any atom is 0.151 e. The molecule has 4 heteroatoms. The van der Waals surface area contributed by atoms with Crippen molar-refractivity contribution in [3.8, 4) is 5.75 Å². The molecule has 1 heterocycles. The van der Waals surface area contributed by atoms with Gasteiger partial charge in [0.05, 0.1) is 11.6 Å². The molecule has 3 rings (SSSR count). The van der Waals surface area contributed by atoms with Crippen molar-refractivity contribution in [3.63, 3.8) is 0 Å². The number of halogens is 1. The second-order valence-electron chi connectivity index (χ2n) is 5.50. The van der Waals surface area contributed by atoms with Crippen molar-refractivity contribution in [3.05, 3.63) is 64.7 Å². The van der Waals surface area contributed by atoms with Crippen molar-refractivity contribution in [2.24, 2.45) is 0 Å². The highest BCUT2D eigenvalue weighted by atomic mass is 35.5. The van der Waals surface area contributed by atoms with Crippen LogP contribution in [0.4, 0.5) is 0 Å². The Hall–Kier alpha value is -1.55. The van der Waals surface area contributed by atoms with Crippen molar-refractivity contribution in [1.29, 1.82) is 0 Å². The van der Waals surface area contributed by atoms with Crippen LogP contribution in [0.2, 0.25) is 5.02 Å². The van der Waals surface area contributed by atoms with Gasteiger partial charge in [-0.2, -0.15) is 0 Å². The summed E-state index contributed by atoms with van der Waals surface area (Å²) in [5, 5.41) is 3.98. The van der Waals surface area contributed by atoms with Gasteiger partial charge in [-0.3, -0.25) is 0 Å². The van der Waals surface area contributed by atoms with E-state index in [9.17, 15) is 0 Å². The zero-order valence-corrected chi connectivity index (χ0v) is 13.3. The van der Waals surface area contributed by atoms with Gasteiger partial charge in [0, 0.05) is 13.1 Å². The molecule has 3 nitrogen and oxygen atoms in total. The van der Waals surface area contributed by atoms with Gasteiger partial charge in [0.25, 0.3) is 0 Å². The lowest BCUT2D eigenvalue weighted by atomic mass is 10.0. The number of rotatable bonds is 4. The molecule has 1 aliphatic rings. The normalized spacial score (nSPS) is 19.6. The van der Waals surface area contributed by atoms with Crippen molar-refractivity contribution < 1.29 is 9.47 Å². The Morgan fingerprint density at radius 3 is 2.77 bits per heavy atom. The molecule has 0 spiro atoms. The van der Waals surface area contributed by atoms with E-state index in [1.54, 1.807) is 0 Å². The monoisotopic (exact) mass is 317 g/mol. The van der Waals surface area contributed by atoms with Gasteiger partial charge < -0.3 is 14.8 Å². The van der Waals surface area contributed by atoms with Gasteiger partial charge in [-0.1, -0.05) is 48.0 Å². The van der Waals surface area contributed by atoms with Crippen LogP contribution in [0, 0.1) is 6.92 Å². The molecule has 0 aliphatic carbocycles. The summed E-state index contributed by atoms with van der Waals surface area (Å²) >= 11 is 6.29. The lowest BCUT2D eigenvalue weighted by Crippen LogP contribution is -2.43. The van der Waals surface area contributed by atoms with Gasteiger partial charge in [-0.15, -0.1) is 0 Å². The molecule has 0 aromatic heterocycles. The standard InChI is InChI=1S/C18H20ClNO2/c1-13-7-8-15(19)16(11-13)22-18(14-5-3-2-4-6-14)17-12-20-9-10-21-17/h2-8,11,17-18,20H,9-10,12H2,1H3/t17-,18-/m0/s1. The van der Waals surface area contributed by atoms with Crippen molar-refractivity contribution in [1.82, 2.24) is 5.32 Å². The molecule has 0 unspecified atom stereocenters. The maximum atomic E-state index is 6.29. The zero-order valence-electron chi connectivity index (χ0n) is 12.6. The number of hydrogen-bond donors (Lipinski definition) is 1. The molecule has 1 N–H and O–H groups in total. The van der Waals surface area contributed by atoms with Crippen LogP contribution in [-0.4, -0.2) is 25.8 Å². The molecule has 0 amide bonds. The predicted molar refractivity (Wildman–Crippen MR) is 88.6 cm³/mol. The minimum absolute atomic E-state index is 0.0345. The van der Waals surface area contributed by atoms with E-state index in [2.05, 4.69) is 17.4 Å². The Balaban J connectivity index is 1.89. The highest BCUT2D eigenvalue weighted by Gasteiger charge is 2.28. The minimum atomic E-state index is -0.187. The fourth-order valence-electron chi connectivity index (χ4n) is 2.62. The Labute approximate surface area is 136 Å². The molecule has 1 saturated heterocycles. The molecular formula is C18H20ClNO2. The second-order valence-corrected chi connectivity index (χ2v) is 5.90. The van der Waals surface area contributed by atoms with E-state index in [0.717, 1.165) is 24.2 Å². The Kier molecular flexibility index (Phi) is 4.98. The van der Waals surface area contributed by atoms with Crippen LogP contribution in [0.25, 0.3) is 0 Å². The predicted octanol–water partition coefficient (Wildman–Crippen LogP) is 3.76. The average molecular weight is 318 g/mol. The first-order valence-electron chi connectivity index (χ1n) is 7.54. The lowest BCUT2D eigenvalue weighted by molar-refractivity contribution is -0.0432. The molecule has 2 aromatic rings. The van der Waals surface area contributed by atoms with Crippen molar-refractivity contribution in [2.45, 2.75) is 19.1 Å². The molecule has 2 atom stereocenters. The number of ether oxygens (including phenoxy) is 2. The third-order valence-corrected chi connectivity index (χ3v) is 4.07. The quantitative estimate of drug-likeness (QED) is 0.931. The summed E-state index contributed by atoms with van der Waals surface area (Å²) in [5.41, 5.74) is 2.21. The van der Waals surface area contributed by atoms with Gasteiger partial charge in [0.15, 0.2) is 6.10 Å². The van der Waals surface area contributed by atoms with E-state index in [1.807, 2.05) is 43.3 Å². The molecule has 22 heavy (non-hydrogen) atoms. The van der Waals surface area contributed by atoms with Gasteiger partial charge in [0.1, 0.15) is 11.9 Å². The third kappa shape index (κ3) is 3.61. The summed E-state index contributed by atoms with van der Waals surface area (Å²) in [4.78, 5) is 0. The summed E-state index contributed by atoms with van der Waals surface area (Å²) in [6, 6.07) is 16.0. The number of aryl methyl sites for hydroxylation is 1. The molecule has 0 bridgehead atoms. The first kappa shape index (κ1) is 15.3. The van der Waals surface area contributed by atoms with E-state index in [0.29, 0.717) is 17.4 Å². The highest BCUT2D eigenvalue weighted by molar-refractivity contribution is 6.32. The van der Waals surface area contributed by atoms with Crippen LogP contribution in [0.3, 0.4) is 0 Å². The van der Waals surface area contributed by atoms with E-state index < -0.39 is 0 Å². The number of nitrogens with one attached hydrogen (secondary N) is 1. The van der Waals surface area contributed by atoms with Crippen LogP contribution in [0.5, 0.6) is 5.75 Å². The Morgan fingerprint density at radius 1 is 1.23 bits per heavy atom. The smallest absolute Gasteiger partial charge is 0.151 e. The molecular weight excluding hydrogens is 298 g/mol. The second kappa shape index (κ2) is 7.14. The summed E-state index contributed by atoms with van der Waals surface area (Å²) in [6.07, 6.45) is -0.221. The Morgan fingerprint density at radius 2 is 2.05 bits per heavy atom. The maximum absolute atomic E-state index is 6.29. The van der Waals surface area contributed by atoms with Crippen LogP contribution in [0.15, 0.2) is 48.5 Å². The van der Waals surface area contributed by atoms with Crippen LogP contribution in [0.1, 0.15) is 17.2 Å². The average Bonchev–Trinajstić information content (AvgIpc) is 2.57. The lowest BCUT2D eigenvalue weighted by Gasteiger charge is -2.32. The third-order valence-electron chi connectivity index (χ3n) is 3.76. The molecule has 1 fully saturated rings. The number of morpholine rings is 1. The highest BCUT2D eigenvalue weighted by Crippen LogP contribution is 2.32. The van der Waals surface area contributed by atoms with Gasteiger partial charge in [-0.05, 0) is 30.2 Å². The Bertz CT molecular complexity index is 612. The van der Waals surface area contributed by atoms with Gasteiger partial charge in [0.2, 0.25) is 0 Å². The van der Waals surface area contributed by atoms with E-state index in [-0.39, 0.29) is 12.2 Å². The topological polar surface area (TPSA) is 30.5 Å². The van der Waals surface area contributed by atoms with Crippen molar-refractivity contribution in [2.75, 3.05) is 19.7 Å². The molecule has 2 aromatic carbocycles. The van der Waals surface area contributed by atoms with Crippen LogP contribution >= 0.6 is 11.6 Å². The van der Waals surface area contributed by atoms with Crippen LogP contribution in [-0.2, 0) is 4.74 Å². The van der Waals surface area contributed by atoms with E-state index in [1.165, 1.54) is 0 Å². The first-order valence-corrected chi connectivity index (χ1v) is 7.92. The first-order chi connectivity index (χ1) is 10.7. The molecule has 0 saturated carbocycles. The summed E-state index contributed by atoms with van der Waals surface area (Å²) < 4.78 is 12.2. The number of benzene rings is 2. The molecule has 0 radical (unpaired) electrons. The summed E-state index contributed by atoms with van der Waals surface area (Å²) in [6.45, 7) is 4.37. The van der Waals surface area contributed by atoms with E-state index >= 15 is 0 Å². The molecule has 116 valence electrons.